The number of pyridine rings is 3. The van der Waals surface area contributed by atoms with Crippen LogP contribution in [0.3, 0.4) is 0 Å². The monoisotopic (exact) mass is 370 g/mol. The molecule has 1 amide bonds. The summed E-state index contributed by atoms with van der Waals surface area (Å²) in [5.41, 5.74) is 3.36. The Bertz CT molecular complexity index is 1130. The molecular formula is C21H18N6O. The van der Waals surface area contributed by atoms with Crippen molar-refractivity contribution in [2.45, 2.75) is 12.3 Å². The first-order valence-electron chi connectivity index (χ1n) is 9.25. The number of aromatic nitrogens is 5. The average Bonchev–Trinajstić information content (AvgIpc) is 3.41. The van der Waals surface area contributed by atoms with E-state index in [0.29, 0.717) is 18.8 Å². The van der Waals surface area contributed by atoms with Crippen LogP contribution in [0.15, 0.2) is 67.3 Å². The predicted molar refractivity (Wildman–Crippen MR) is 104 cm³/mol. The van der Waals surface area contributed by atoms with Crippen LogP contribution in [-0.4, -0.2) is 48.5 Å². The Morgan fingerprint density at radius 3 is 2.82 bits per heavy atom. The number of carbonyl (C=O) groups excluding carboxylic acids is 1. The van der Waals surface area contributed by atoms with Crippen LogP contribution in [0, 0.1) is 0 Å². The Hall–Kier alpha value is -3.61. The fraction of sp³-hybridized carbons (Fsp3) is 0.190. The highest BCUT2D eigenvalue weighted by Crippen LogP contribution is 2.27. The van der Waals surface area contributed by atoms with Gasteiger partial charge in [-0.15, -0.1) is 0 Å². The number of hydrogen-bond donors (Lipinski definition) is 0. The minimum Gasteiger partial charge on any atom is -0.337 e. The van der Waals surface area contributed by atoms with Crippen molar-refractivity contribution >= 4 is 11.6 Å². The molecular weight excluding hydrogens is 352 g/mol. The molecule has 28 heavy (non-hydrogen) atoms. The van der Waals surface area contributed by atoms with Crippen molar-refractivity contribution in [1.82, 2.24) is 29.5 Å². The van der Waals surface area contributed by atoms with Crippen LogP contribution < -0.4 is 0 Å². The van der Waals surface area contributed by atoms with Gasteiger partial charge in [-0.3, -0.25) is 14.8 Å². The standard InChI is InChI=1S/C21H18N6O/c28-21(18-5-1-2-10-23-18)26-11-8-17(13-26)20-24-19-7-6-16(14-27(19)25-20)15-4-3-9-22-12-15/h1-7,9-10,12,14,17H,8,11,13H2. The Balaban J connectivity index is 1.37. The van der Waals surface area contributed by atoms with E-state index in [1.165, 1.54) is 0 Å². The van der Waals surface area contributed by atoms with E-state index in [1.807, 2.05) is 53.7 Å². The first-order valence-corrected chi connectivity index (χ1v) is 9.25. The van der Waals surface area contributed by atoms with Gasteiger partial charge in [-0.05, 0) is 36.8 Å². The maximum absolute atomic E-state index is 12.6. The number of nitrogens with zero attached hydrogens (tertiary/aromatic N) is 6. The van der Waals surface area contributed by atoms with Gasteiger partial charge < -0.3 is 4.90 Å². The molecule has 1 fully saturated rings. The maximum atomic E-state index is 12.6. The molecule has 5 rings (SSSR count). The van der Waals surface area contributed by atoms with Gasteiger partial charge in [0.1, 0.15) is 5.69 Å². The zero-order chi connectivity index (χ0) is 18.9. The van der Waals surface area contributed by atoms with Crippen molar-refractivity contribution in [2.75, 3.05) is 13.1 Å². The van der Waals surface area contributed by atoms with Crippen LogP contribution in [0.1, 0.15) is 28.7 Å². The van der Waals surface area contributed by atoms with Crippen molar-refractivity contribution in [2.24, 2.45) is 0 Å². The highest BCUT2D eigenvalue weighted by molar-refractivity contribution is 5.92. The first kappa shape index (κ1) is 16.6. The van der Waals surface area contributed by atoms with E-state index in [1.54, 1.807) is 23.0 Å². The Kier molecular flexibility index (Phi) is 4.05. The Morgan fingerprint density at radius 1 is 1.04 bits per heavy atom. The molecule has 7 nitrogen and oxygen atoms in total. The van der Waals surface area contributed by atoms with Gasteiger partial charge in [0.2, 0.25) is 0 Å². The molecule has 4 aromatic rings. The summed E-state index contributed by atoms with van der Waals surface area (Å²) in [4.78, 5) is 27.5. The van der Waals surface area contributed by atoms with E-state index in [2.05, 4.69) is 20.1 Å². The molecule has 0 aliphatic carbocycles. The molecule has 1 saturated heterocycles. The quantitative estimate of drug-likeness (QED) is 0.554. The molecule has 1 atom stereocenters. The lowest BCUT2D eigenvalue weighted by molar-refractivity contribution is 0.0784. The summed E-state index contributed by atoms with van der Waals surface area (Å²) in [5, 5.41) is 4.68. The second kappa shape index (κ2) is 6.84. The van der Waals surface area contributed by atoms with Crippen LogP contribution in [-0.2, 0) is 0 Å². The van der Waals surface area contributed by atoms with Gasteiger partial charge >= 0.3 is 0 Å². The topological polar surface area (TPSA) is 76.3 Å². The summed E-state index contributed by atoms with van der Waals surface area (Å²) in [6.45, 7) is 1.30. The van der Waals surface area contributed by atoms with Crippen LogP contribution in [0.5, 0.6) is 0 Å². The van der Waals surface area contributed by atoms with Gasteiger partial charge in [-0.2, -0.15) is 5.10 Å². The molecule has 1 aliphatic rings. The molecule has 0 bridgehead atoms. The van der Waals surface area contributed by atoms with Crippen molar-refractivity contribution < 1.29 is 4.79 Å². The number of carbonyl (C=O) groups is 1. The lowest BCUT2D eigenvalue weighted by Crippen LogP contribution is -2.29. The summed E-state index contributed by atoms with van der Waals surface area (Å²) in [5.74, 6) is 0.875. The molecule has 0 radical (unpaired) electrons. The lowest BCUT2D eigenvalue weighted by atomic mass is 10.1. The van der Waals surface area contributed by atoms with Crippen LogP contribution in [0.4, 0.5) is 0 Å². The molecule has 1 aliphatic heterocycles. The fourth-order valence-electron chi connectivity index (χ4n) is 3.58. The van der Waals surface area contributed by atoms with E-state index < -0.39 is 0 Å². The summed E-state index contributed by atoms with van der Waals surface area (Å²) in [7, 11) is 0. The van der Waals surface area contributed by atoms with Crippen LogP contribution in [0.2, 0.25) is 0 Å². The van der Waals surface area contributed by atoms with Crippen molar-refractivity contribution in [3.63, 3.8) is 0 Å². The molecule has 0 saturated carbocycles. The van der Waals surface area contributed by atoms with Gasteiger partial charge in [-0.1, -0.05) is 12.1 Å². The third-order valence-corrected chi connectivity index (χ3v) is 5.07. The van der Waals surface area contributed by atoms with Gasteiger partial charge in [0, 0.05) is 54.9 Å². The minimum atomic E-state index is -0.0364. The first-order chi connectivity index (χ1) is 13.8. The van der Waals surface area contributed by atoms with E-state index >= 15 is 0 Å². The summed E-state index contributed by atoms with van der Waals surface area (Å²) in [6.07, 6.45) is 8.05. The number of fused-ring (bicyclic) bond motifs is 1. The highest BCUT2D eigenvalue weighted by atomic mass is 16.2. The zero-order valence-corrected chi connectivity index (χ0v) is 15.1. The molecule has 5 heterocycles. The molecule has 4 aromatic heterocycles. The SMILES string of the molecule is O=C(c1ccccn1)N1CCC(c2nc3ccc(-c4cccnc4)cn3n2)C1. The molecule has 0 N–H and O–H groups in total. The lowest BCUT2D eigenvalue weighted by Gasteiger charge is -2.15. The molecule has 0 spiro atoms. The van der Waals surface area contributed by atoms with Crippen molar-refractivity contribution in [1.29, 1.82) is 0 Å². The number of amides is 1. The highest BCUT2D eigenvalue weighted by Gasteiger charge is 2.31. The van der Waals surface area contributed by atoms with Crippen molar-refractivity contribution in [3.8, 4) is 11.1 Å². The summed E-state index contributed by atoms with van der Waals surface area (Å²) >= 11 is 0. The molecule has 1 unspecified atom stereocenters. The van der Waals surface area contributed by atoms with Gasteiger partial charge in [-0.25, -0.2) is 9.50 Å². The predicted octanol–water partition coefficient (Wildman–Crippen LogP) is 2.82. The smallest absolute Gasteiger partial charge is 0.272 e. The van der Waals surface area contributed by atoms with Gasteiger partial charge in [0.15, 0.2) is 11.5 Å². The maximum Gasteiger partial charge on any atom is 0.272 e. The Labute approximate surface area is 161 Å². The average molecular weight is 370 g/mol. The zero-order valence-electron chi connectivity index (χ0n) is 15.1. The third kappa shape index (κ3) is 3.00. The largest absolute Gasteiger partial charge is 0.337 e. The van der Waals surface area contributed by atoms with Crippen LogP contribution >= 0.6 is 0 Å². The number of rotatable bonds is 3. The summed E-state index contributed by atoms with van der Waals surface area (Å²) < 4.78 is 1.81. The Morgan fingerprint density at radius 2 is 2.00 bits per heavy atom. The van der Waals surface area contributed by atoms with Gasteiger partial charge in [0.25, 0.3) is 5.91 Å². The number of likely N-dealkylation sites (tertiary alicyclic amines) is 1. The second-order valence-electron chi connectivity index (χ2n) is 6.88. The van der Waals surface area contributed by atoms with E-state index in [-0.39, 0.29) is 11.8 Å². The fourth-order valence-corrected chi connectivity index (χ4v) is 3.58. The summed E-state index contributed by atoms with van der Waals surface area (Å²) in [6, 6.07) is 13.3. The van der Waals surface area contributed by atoms with E-state index in [9.17, 15) is 4.79 Å². The molecule has 7 heteroatoms. The third-order valence-electron chi connectivity index (χ3n) is 5.07. The second-order valence-corrected chi connectivity index (χ2v) is 6.88. The normalized spacial score (nSPS) is 16.6. The van der Waals surface area contributed by atoms with Gasteiger partial charge in [0.05, 0.1) is 0 Å². The minimum absolute atomic E-state index is 0.0364. The van der Waals surface area contributed by atoms with Crippen molar-refractivity contribution in [3.05, 3.63) is 78.8 Å². The molecule has 138 valence electrons. The van der Waals surface area contributed by atoms with E-state index in [4.69, 9.17) is 0 Å². The number of hydrogen-bond acceptors (Lipinski definition) is 5. The van der Waals surface area contributed by atoms with E-state index in [0.717, 1.165) is 29.0 Å². The molecule has 0 aromatic carbocycles. The van der Waals surface area contributed by atoms with Crippen LogP contribution in [0.25, 0.3) is 16.8 Å².